The van der Waals surface area contributed by atoms with Crippen LogP contribution in [-0.4, -0.2) is 42.0 Å². The van der Waals surface area contributed by atoms with Crippen molar-refractivity contribution in [3.05, 3.63) is 64.5 Å². The fourth-order valence-corrected chi connectivity index (χ4v) is 5.84. The Labute approximate surface area is 212 Å². The second-order valence-electron chi connectivity index (χ2n) is 9.96. The topological polar surface area (TPSA) is 45.7 Å². The first-order chi connectivity index (χ1) is 17.1. The van der Waals surface area contributed by atoms with Gasteiger partial charge < -0.3 is 14.5 Å². The first kappa shape index (κ1) is 23.9. The predicted molar refractivity (Wildman–Crippen MR) is 143 cm³/mol. The van der Waals surface area contributed by atoms with Crippen LogP contribution in [0.3, 0.4) is 0 Å². The maximum atomic E-state index is 12.9. The number of aromatic nitrogens is 1. The molecule has 2 aromatic carbocycles. The number of ether oxygens (including phenoxy) is 1. The third kappa shape index (κ3) is 5.53. The summed E-state index contributed by atoms with van der Waals surface area (Å²) in [4.78, 5) is 22.2. The summed E-state index contributed by atoms with van der Waals surface area (Å²) in [5, 5.41) is 3.24. The number of rotatable bonds is 6. The molecule has 5 rings (SSSR count). The fraction of sp³-hybridized carbons (Fsp3) is 0.448. The van der Waals surface area contributed by atoms with E-state index in [1.165, 1.54) is 19.3 Å². The first-order valence-electron chi connectivity index (χ1n) is 12.9. The van der Waals surface area contributed by atoms with Gasteiger partial charge in [-0.15, -0.1) is 11.3 Å². The normalized spacial score (nSPS) is 17.0. The van der Waals surface area contributed by atoms with E-state index in [1.807, 2.05) is 41.3 Å². The second kappa shape index (κ2) is 10.8. The minimum Gasteiger partial charge on any atom is -0.488 e. The Morgan fingerprint density at radius 1 is 1.06 bits per heavy atom. The van der Waals surface area contributed by atoms with Crippen LogP contribution in [0.1, 0.15) is 60.5 Å². The lowest BCUT2D eigenvalue weighted by molar-refractivity contribution is 0.0724. The van der Waals surface area contributed by atoms with Crippen LogP contribution in [0.25, 0.3) is 11.3 Å². The number of para-hydroxylation sites is 1. The molecule has 0 aliphatic carbocycles. The standard InChI is InChI=1S/C29H35N3O2S/c1-21-12-16-32(17-13-21)29-30-26(20-35-29)25-8-4-5-9-27(25)34-19-24-11-10-23(18-22(24)2)28(33)31-14-6-3-7-15-31/h4-5,8-11,18,20-21H,3,6-7,12-17,19H2,1-2H3. The third-order valence-electron chi connectivity index (χ3n) is 7.33. The number of amides is 1. The van der Waals surface area contributed by atoms with E-state index < -0.39 is 0 Å². The van der Waals surface area contributed by atoms with Gasteiger partial charge in [0.25, 0.3) is 5.91 Å². The van der Waals surface area contributed by atoms with Crippen LogP contribution in [0.15, 0.2) is 47.8 Å². The SMILES string of the molecule is Cc1cc(C(=O)N2CCCCC2)ccc1COc1ccccc1-c1csc(N2CCC(C)CC2)n1. The van der Waals surface area contributed by atoms with Crippen LogP contribution in [0.4, 0.5) is 5.13 Å². The number of thiazole rings is 1. The van der Waals surface area contributed by atoms with Crippen molar-refractivity contribution < 1.29 is 9.53 Å². The lowest BCUT2D eigenvalue weighted by Gasteiger charge is -2.29. The number of likely N-dealkylation sites (tertiary alicyclic amines) is 1. The van der Waals surface area contributed by atoms with E-state index in [1.54, 1.807) is 11.3 Å². The molecule has 5 nitrogen and oxygen atoms in total. The molecule has 6 heteroatoms. The van der Waals surface area contributed by atoms with E-state index in [2.05, 4.69) is 30.2 Å². The summed E-state index contributed by atoms with van der Waals surface area (Å²) in [6.07, 6.45) is 5.90. The molecule has 0 spiro atoms. The number of piperidine rings is 2. The summed E-state index contributed by atoms with van der Waals surface area (Å²) < 4.78 is 6.30. The van der Waals surface area contributed by atoms with E-state index in [4.69, 9.17) is 9.72 Å². The molecule has 0 atom stereocenters. The second-order valence-corrected chi connectivity index (χ2v) is 10.8. The van der Waals surface area contributed by atoms with E-state index in [0.717, 1.165) is 83.8 Å². The molecule has 0 radical (unpaired) electrons. The van der Waals surface area contributed by atoms with Gasteiger partial charge in [-0.05, 0) is 80.3 Å². The Bertz CT molecular complexity index is 1160. The Balaban J connectivity index is 1.27. The highest BCUT2D eigenvalue weighted by atomic mass is 32.1. The summed E-state index contributed by atoms with van der Waals surface area (Å²) in [7, 11) is 0. The van der Waals surface area contributed by atoms with Gasteiger partial charge in [0.2, 0.25) is 0 Å². The molecule has 3 aromatic rings. The van der Waals surface area contributed by atoms with Crippen LogP contribution in [0.2, 0.25) is 0 Å². The molecule has 1 amide bonds. The Morgan fingerprint density at radius 2 is 1.83 bits per heavy atom. The van der Waals surface area contributed by atoms with Crippen LogP contribution >= 0.6 is 11.3 Å². The average Bonchev–Trinajstić information content (AvgIpc) is 3.39. The van der Waals surface area contributed by atoms with Crippen molar-refractivity contribution in [3.63, 3.8) is 0 Å². The predicted octanol–water partition coefficient (Wildman–Crippen LogP) is 6.56. The molecule has 35 heavy (non-hydrogen) atoms. The van der Waals surface area contributed by atoms with Gasteiger partial charge in [-0.25, -0.2) is 4.98 Å². The van der Waals surface area contributed by atoms with Gasteiger partial charge >= 0.3 is 0 Å². The van der Waals surface area contributed by atoms with Crippen molar-refractivity contribution in [3.8, 4) is 17.0 Å². The number of carbonyl (C=O) groups excluding carboxylic acids is 1. The van der Waals surface area contributed by atoms with Gasteiger partial charge in [-0.1, -0.05) is 25.1 Å². The molecule has 2 aliphatic heterocycles. The van der Waals surface area contributed by atoms with Crippen LogP contribution < -0.4 is 9.64 Å². The fourth-order valence-electron chi connectivity index (χ4n) is 4.96. The molecule has 1 aromatic heterocycles. The highest BCUT2D eigenvalue weighted by Gasteiger charge is 2.21. The molecular weight excluding hydrogens is 454 g/mol. The van der Waals surface area contributed by atoms with E-state index in [9.17, 15) is 4.79 Å². The number of carbonyl (C=O) groups is 1. The molecule has 0 N–H and O–H groups in total. The smallest absolute Gasteiger partial charge is 0.253 e. The zero-order chi connectivity index (χ0) is 24.2. The largest absolute Gasteiger partial charge is 0.488 e. The van der Waals surface area contributed by atoms with Crippen LogP contribution in [0, 0.1) is 12.8 Å². The lowest BCUT2D eigenvalue weighted by Crippen LogP contribution is -2.35. The number of hydrogen-bond donors (Lipinski definition) is 0. The molecule has 0 unspecified atom stereocenters. The Hall–Kier alpha value is -2.86. The summed E-state index contributed by atoms with van der Waals surface area (Å²) in [5.74, 6) is 1.79. The number of nitrogens with zero attached hydrogens (tertiary/aromatic N) is 3. The number of benzene rings is 2. The number of aryl methyl sites for hydroxylation is 1. The van der Waals surface area contributed by atoms with Crippen molar-refractivity contribution >= 4 is 22.4 Å². The average molecular weight is 490 g/mol. The lowest BCUT2D eigenvalue weighted by atomic mass is 10.00. The monoisotopic (exact) mass is 489 g/mol. The molecule has 3 heterocycles. The molecular formula is C29H35N3O2S. The van der Waals surface area contributed by atoms with Gasteiger partial charge in [0, 0.05) is 42.7 Å². The van der Waals surface area contributed by atoms with E-state index in [-0.39, 0.29) is 5.91 Å². The van der Waals surface area contributed by atoms with Crippen molar-refractivity contribution in [1.29, 1.82) is 0 Å². The van der Waals surface area contributed by atoms with Gasteiger partial charge in [0.1, 0.15) is 12.4 Å². The highest BCUT2D eigenvalue weighted by molar-refractivity contribution is 7.14. The summed E-state index contributed by atoms with van der Waals surface area (Å²) in [5.41, 5.74) is 4.95. The summed E-state index contributed by atoms with van der Waals surface area (Å²) >= 11 is 1.72. The quantitative estimate of drug-likeness (QED) is 0.393. The number of anilines is 1. The maximum absolute atomic E-state index is 12.9. The van der Waals surface area contributed by atoms with E-state index in [0.29, 0.717) is 6.61 Å². The van der Waals surface area contributed by atoms with Crippen molar-refractivity contribution in [2.75, 3.05) is 31.1 Å². The maximum Gasteiger partial charge on any atom is 0.253 e. The molecule has 2 fully saturated rings. The zero-order valence-electron chi connectivity index (χ0n) is 20.8. The minimum absolute atomic E-state index is 0.146. The molecule has 0 saturated carbocycles. The Morgan fingerprint density at radius 3 is 2.60 bits per heavy atom. The van der Waals surface area contributed by atoms with Crippen molar-refractivity contribution in [1.82, 2.24) is 9.88 Å². The molecule has 2 saturated heterocycles. The van der Waals surface area contributed by atoms with Gasteiger partial charge in [0.05, 0.1) is 5.69 Å². The molecule has 0 bridgehead atoms. The Kier molecular flexibility index (Phi) is 7.37. The zero-order valence-corrected chi connectivity index (χ0v) is 21.7. The van der Waals surface area contributed by atoms with Gasteiger partial charge in [-0.3, -0.25) is 4.79 Å². The summed E-state index contributed by atoms with van der Waals surface area (Å²) in [6.45, 7) is 8.76. The number of hydrogen-bond acceptors (Lipinski definition) is 5. The van der Waals surface area contributed by atoms with Crippen molar-refractivity contribution in [2.24, 2.45) is 5.92 Å². The highest BCUT2D eigenvalue weighted by Crippen LogP contribution is 2.35. The van der Waals surface area contributed by atoms with Crippen molar-refractivity contribution in [2.45, 2.75) is 52.6 Å². The summed E-state index contributed by atoms with van der Waals surface area (Å²) in [6, 6.07) is 14.1. The van der Waals surface area contributed by atoms with Crippen LogP contribution in [0.5, 0.6) is 5.75 Å². The van der Waals surface area contributed by atoms with Gasteiger partial charge in [0.15, 0.2) is 5.13 Å². The van der Waals surface area contributed by atoms with Gasteiger partial charge in [-0.2, -0.15) is 0 Å². The van der Waals surface area contributed by atoms with Crippen LogP contribution in [-0.2, 0) is 6.61 Å². The first-order valence-corrected chi connectivity index (χ1v) is 13.8. The molecule has 2 aliphatic rings. The third-order valence-corrected chi connectivity index (χ3v) is 8.23. The van der Waals surface area contributed by atoms with E-state index >= 15 is 0 Å². The minimum atomic E-state index is 0.146. The molecule has 184 valence electrons.